The first-order valence-electron chi connectivity index (χ1n) is 5.88. The van der Waals surface area contributed by atoms with Crippen molar-refractivity contribution in [2.24, 2.45) is 0 Å². The van der Waals surface area contributed by atoms with Crippen molar-refractivity contribution in [3.05, 3.63) is 60.2 Å². The highest BCUT2D eigenvalue weighted by atomic mass is 15.3. The van der Waals surface area contributed by atoms with E-state index in [0.29, 0.717) is 0 Å². The van der Waals surface area contributed by atoms with Crippen LogP contribution in [0.2, 0.25) is 0 Å². The number of aromatic amines is 1. The van der Waals surface area contributed by atoms with Crippen molar-refractivity contribution in [3.63, 3.8) is 0 Å². The predicted molar refractivity (Wildman–Crippen MR) is 72.0 cm³/mol. The van der Waals surface area contributed by atoms with Gasteiger partial charge in [-0.05, 0) is 6.92 Å². The number of hydrogen-bond acceptors (Lipinski definition) is 2. The molecule has 3 rings (SSSR count). The van der Waals surface area contributed by atoms with Crippen molar-refractivity contribution in [2.45, 2.75) is 6.92 Å². The highest BCUT2D eigenvalue weighted by Gasteiger charge is 2.10. The zero-order chi connectivity index (χ0) is 12.4. The van der Waals surface area contributed by atoms with Gasteiger partial charge in [0.2, 0.25) is 0 Å². The number of H-pyrrole nitrogens is 1. The summed E-state index contributed by atoms with van der Waals surface area (Å²) in [6, 6.07) is 18.4. The van der Waals surface area contributed by atoms with Gasteiger partial charge in [0.05, 0.1) is 5.69 Å². The molecule has 0 aliphatic carbocycles. The molecule has 0 unspecified atom stereocenters. The summed E-state index contributed by atoms with van der Waals surface area (Å²) in [6.07, 6.45) is 0. The van der Waals surface area contributed by atoms with Gasteiger partial charge in [-0.25, -0.2) is 0 Å². The Balaban J connectivity index is 2.10. The van der Waals surface area contributed by atoms with Gasteiger partial charge >= 0.3 is 0 Å². The molecule has 0 fully saturated rings. The third-order valence-corrected chi connectivity index (χ3v) is 2.94. The lowest BCUT2D eigenvalue weighted by Gasteiger charge is -2.02. The van der Waals surface area contributed by atoms with Crippen molar-refractivity contribution < 1.29 is 0 Å². The monoisotopic (exact) mass is 235 g/mol. The largest absolute Gasteiger partial charge is 0.257 e. The lowest BCUT2D eigenvalue weighted by atomic mass is 10.0. The minimum Gasteiger partial charge on any atom is -0.257 e. The Morgan fingerprint density at radius 3 is 2.28 bits per heavy atom. The molecule has 2 aromatic carbocycles. The smallest absolute Gasteiger partial charge is 0.120 e. The topological polar surface area (TPSA) is 41.6 Å². The predicted octanol–water partition coefficient (Wildman–Crippen LogP) is 3.45. The van der Waals surface area contributed by atoms with Gasteiger partial charge in [-0.1, -0.05) is 65.4 Å². The molecule has 1 heterocycles. The minimum atomic E-state index is 0.888. The number of aryl methyl sites for hydroxylation is 1. The maximum atomic E-state index is 4.18. The molecule has 3 heteroatoms. The van der Waals surface area contributed by atoms with Gasteiger partial charge in [0.25, 0.3) is 0 Å². The Kier molecular flexibility index (Phi) is 2.65. The van der Waals surface area contributed by atoms with Crippen LogP contribution in [0.3, 0.4) is 0 Å². The molecule has 0 saturated carbocycles. The number of nitrogens with zero attached hydrogens (tertiary/aromatic N) is 2. The van der Waals surface area contributed by atoms with Gasteiger partial charge in [-0.3, -0.25) is 5.10 Å². The lowest BCUT2D eigenvalue weighted by Crippen LogP contribution is -1.84. The average molecular weight is 235 g/mol. The molecule has 3 nitrogen and oxygen atoms in total. The zero-order valence-electron chi connectivity index (χ0n) is 10.1. The summed E-state index contributed by atoms with van der Waals surface area (Å²) in [7, 11) is 0. The molecule has 0 radical (unpaired) electrons. The van der Waals surface area contributed by atoms with Gasteiger partial charge in [0.1, 0.15) is 5.69 Å². The first-order chi connectivity index (χ1) is 8.84. The van der Waals surface area contributed by atoms with Crippen LogP contribution in [-0.2, 0) is 0 Å². The summed E-state index contributed by atoms with van der Waals surface area (Å²) in [6.45, 7) is 2.08. The maximum absolute atomic E-state index is 4.18. The highest BCUT2D eigenvalue weighted by molar-refractivity contribution is 5.77. The second-order valence-corrected chi connectivity index (χ2v) is 4.27. The van der Waals surface area contributed by atoms with Crippen LogP contribution < -0.4 is 0 Å². The van der Waals surface area contributed by atoms with E-state index in [9.17, 15) is 0 Å². The molecule has 0 bridgehead atoms. The van der Waals surface area contributed by atoms with Gasteiger partial charge in [-0.2, -0.15) is 0 Å². The van der Waals surface area contributed by atoms with Gasteiger partial charge in [-0.15, -0.1) is 5.10 Å². The number of benzene rings is 2. The Morgan fingerprint density at radius 1 is 0.833 bits per heavy atom. The molecule has 0 spiro atoms. The van der Waals surface area contributed by atoms with E-state index in [0.717, 1.165) is 22.5 Å². The van der Waals surface area contributed by atoms with Crippen molar-refractivity contribution in [1.29, 1.82) is 0 Å². The summed E-state index contributed by atoms with van der Waals surface area (Å²) in [5.74, 6) is 0. The first-order valence-corrected chi connectivity index (χ1v) is 5.88. The second-order valence-electron chi connectivity index (χ2n) is 4.27. The van der Waals surface area contributed by atoms with Crippen LogP contribution in [0, 0.1) is 6.92 Å². The Bertz CT molecular complexity index is 639. The molecule has 3 aromatic rings. The molecule has 0 amide bonds. The fourth-order valence-corrected chi connectivity index (χ4v) is 1.95. The Morgan fingerprint density at radius 2 is 1.56 bits per heavy atom. The zero-order valence-corrected chi connectivity index (χ0v) is 10.1. The van der Waals surface area contributed by atoms with Crippen LogP contribution in [0.1, 0.15) is 5.56 Å². The van der Waals surface area contributed by atoms with E-state index in [1.54, 1.807) is 0 Å². The quantitative estimate of drug-likeness (QED) is 0.739. The molecule has 0 aliphatic heterocycles. The van der Waals surface area contributed by atoms with Crippen LogP contribution in [-0.4, -0.2) is 15.4 Å². The third-order valence-electron chi connectivity index (χ3n) is 2.94. The second kappa shape index (κ2) is 4.45. The van der Waals surface area contributed by atoms with Crippen molar-refractivity contribution in [1.82, 2.24) is 15.4 Å². The van der Waals surface area contributed by atoms with Crippen LogP contribution in [0.5, 0.6) is 0 Å². The van der Waals surface area contributed by atoms with E-state index in [1.807, 2.05) is 30.3 Å². The van der Waals surface area contributed by atoms with E-state index in [4.69, 9.17) is 0 Å². The molecule has 1 aromatic heterocycles. The van der Waals surface area contributed by atoms with Gasteiger partial charge in [0, 0.05) is 11.1 Å². The molecule has 0 aliphatic rings. The number of rotatable bonds is 2. The fourth-order valence-electron chi connectivity index (χ4n) is 1.95. The molecule has 1 N–H and O–H groups in total. The standard InChI is InChI=1S/C15H13N3/c1-11-7-9-13(10-8-11)15-14(16-18-17-15)12-5-3-2-4-6-12/h2-10H,1H3,(H,16,17,18). The van der Waals surface area contributed by atoms with E-state index in [-0.39, 0.29) is 0 Å². The van der Waals surface area contributed by atoms with Crippen LogP contribution >= 0.6 is 0 Å². The molecular formula is C15H13N3. The Labute approximate surface area is 105 Å². The van der Waals surface area contributed by atoms with Crippen LogP contribution in [0.25, 0.3) is 22.5 Å². The molecule has 88 valence electrons. The summed E-state index contributed by atoms with van der Waals surface area (Å²) in [5, 5.41) is 11.1. The van der Waals surface area contributed by atoms with Crippen molar-refractivity contribution >= 4 is 0 Å². The van der Waals surface area contributed by atoms with Crippen LogP contribution in [0.4, 0.5) is 0 Å². The highest BCUT2D eigenvalue weighted by Crippen LogP contribution is 2.27. The number of aromatic nitrogens is 3. The third kappa shape index (κ3) is 1.91. The average Bonchev–Trinajstić information content (AvgIpc) is 2.90. The van der Waals surface area contributed by atoms with Gasteiger partial charge in [0.15, 0.2) is 0 Å². The fraction of sp³-hybridized carbons (Fsp3) is 0.0667. The minimum absolute atomic E-state index is 0.888. The van der Waals surface area contributed by atoms with Crippen LogP contribution in [0.15, 0.2) is 54.6 Å². The lowest BCUT2D eigenvalue weighted by molar-refractivity contribution is 0.944. The van der Waals surface area contributed by atoms with E-state index in [1.165, 1.54) is 5.56 Å². The summed E-state index contributed by atoms with van der Waals surface area (Å²) in [4.78, 5) is 0. The number of hydrogen-bond donors (Lipinski definition) is 1. The first kappa shape index (κ1) is 10.7. The van der Waals surface area contributed by atoms with E-state index < -0.39 is 0 Å². The normalized spacial score (nSPS) is 10.5. The Hall–Kier alpha value is -2.42. The molecular weight excluding hydrogens is 222 g/mol. The van der Waals surface area contributed by atoms with Gasteiger partial charge < -0.3 is 0 Å². The molecule has 18 heavy (non-hydrogen) atoms. The van der Waals surface area contributed by atoms with E-state index >= 15 is 0 Å². The summed E-state index contributed by atoms with van der Waals surface area (Å²) >= 11 is 0. The summed E-state index contributed by atoms with van der Waals surface area (Å²) in [5.41, 5.74) is 5.26. The SMILES string of the molecule is Cc1ccc(-c2[nH]nnc2-c2ccccc2)cc1. The van der Waals surface area contributed by atoms with Crippen molar-refractivity contribution in [2.75, 3.05) is 0 Å². The number of nitrogens with one attached hydrogen (secondary N) is 1. The molecule has 0 saturated heterocycles. The summed E-state index contributed by atoms with van der Waals surface area (Å²) < 4.78 is 0. The van der Waals surface area contributed by atoms with Crippen molar-refractivity contribution in [3.8, 4) is 22.5 Å². The maximum Gasteiger partial charge on any atom is 0.120 e. The van der Waals surface area contributed by atoms with E-state index in [2.05, 4.69) is 46.6 Å². The molecule has 0 atom stereocenters.